The monoisotopic (exact) mass is 507 g/mol. The van der Waals surface area contributed by atoms with Gasteiger partial charge in [0.15, 0.2) is 5.69 Å². The predicted octanol–water partition coefficient (Wildman–Crippen LogP) is 5.60. The molecule has 3 aromatic heterocycles. The first-order valence-electron chi connectivity index (χ1n) is 10.3. The molecular weight excluding hydrogens is 490 g/mol. The van der Waals surface area contributed by atoms with E-state index < -0.39 is 29.7 Å². The van der Waals surface area contributed by atoms with Crippen LogP contribution in [0, 0.1) is 5.92 Å². The fourth-order valence-corrected chi connectivity index (χ4v) is 3.68. The highest BCUT2D eigenvalue weighted by Gasteiger charge is 2.39. The summed E-state index contributed by atoms with van der Waals surface area (Å²) in [6.07, 6.45) is -7.37. The molecule has 0 aliphatic heterocycles. The van der Waals surface area contributed by atoms with Crippen molar-refractivity contribution in [3.05, 3.63) is 47.8 Å². The van der Waals surface area contributed by atoms with Crippen LogP contribution in [0.1, 0.15) is 42.9 Å². The second-order valence-electron chi connectivity index (χ2n) is 8.07. The molecule has 35 heavy (non-hydrogen) atoms. The van der Waals surface area contributed by atoms with Gasteiger partial charge in [-0.3, -0.25) is 4.98 Å². The molecule has 0 radical (unpaired) electrons. The number of aromatic nitrogens is 6. The molecule has 1 aliphatic rings. The molecular formula is C20H17F8N7. The van der Waals surface area contributed by atoms with E-state index in [0.717, 1.165) is 17.1 Å². The average molecular weight is 507 g/mol. The Morgan fingerprint density at radius 2 is 1.74 bits per heavy atom. The summed E-state index contributed by atoms with van der Waals surface area (Å²) in [6, 6.07) is 2.63. The van der Waals surface area contributed by atoms with E-state index in [0.29, 0.717) is 25.0 Å². The van der Waals surface area contributed by atoms with E-state index in [1.54, 1.807) is 0 Å². The average Bonchev–Trinajstić information content (AvgIpc) is 3.38. The number of halogens is 8. The summed E-state index contributed by atoms with van der Waals surface area (Å²) in [5.74, 6) is -3.57. The Hall–Kier alpha value is -3.39. The summed E-state index contributed by atoms with van der Waals surface area (Å²) < 4.78 is 105. The number of nitrogens with one attached hydrogen (secondary N) is 1. The predicted molar refractivity (Wildman–Crippen MR) is 105 cm³/mol. The minimum Gasteiger partial charge on any atom is -0.324 e. The SMILES string of the molecule is FC1(F)CC[C@H](CCc2nc(Nc3ccnc(C(F)(F)F)c3)nc(-n3ccc(C(F)(F)F)n3)n2)C1. The van der Waals surface area contributed by atoms with E-state index in [4.69, 9.17) is 0 Å². The number of anilines is 2. The first-order valence-corrected chi connectivity index (χ1v) is 10.3. The molecule has 1 aliphatic carbocycles. The van der Waals surface area contributed by atoms with Gasteiger partial charge in [-0.25, -0.2) is 13.5 Å². The van der Waals surface area contributed by atoms with Crippen LogP contribution in [0.5, 0.6) is 0 Å². The van der Waals surface area contributed by atoms with Crippen LogP contribution in [0.4, 0.5) is 46.8 Å². The number of rotatable bonds is 6. The number of hydrogen-bond donors (Lipinski definition) is 1. The lowest BCUT2D eigenvalue weighted by atomic mass is 10.0. The molecule has 1 saturated carbocycles. The molecule has 1 N–H and O–H groups in total. The van der Waals surface area contributed by atoms with E-state index >= 15 is 0 Å². The van der Waals surface area contributed by atoms with Crippen LogP contribution in [0.2, 0.25) is 0 Å². The molecule has 0 spiro atoms. The molecule has 3 heterocycles. The highest BCUT2D eigenvalue weighted by atomic mass is 19.4. The van der Waals surface area contributed by atoms with Crippen LogP contribution in [-0.4, -0.2) is 35.6 Å². The van der Waals surface area contributed by atoms with Gasteiger partial charge in [0.1, 0.15) is 11.5 Å². The minimum absolute atomic E-state index is 0.0573. The molecule has 0 unspecified atom stereocenters. The summed E-state index contributed by atoms with van der Waals surface area (Å²) in [4.78, 5) is 15.4. The van der Waals surface area contributed by atoms with Crippen LogP contribution in [-0.2, 0) is 18.8 Å². The van der Waals surface area contributed by atoms with Gasteiger partial charge in [-0.2, -0.15) is 46.4 Å². The van der Waals surface area contributed by atoms with Gasteiger partial charge in [-0.1, -0.05) is 0 Å². The number of aryl methyl sites for hydroxylation is 1. The van der Waals surface area contributed by atoms with Gasteiger partial charge >= 0.3 is 12.4 Å². The van der Waals surface area contributed by atoms with Gasteiger partial charge in [0.05, 0.1) is 0 Å². The molecule has 0 amide bonds. The smallest absolute Gasteiger partial charge is 0.324 e. The summed E-state index contributed by atoms with van der Waals surface area (Å²) >= 11 is 0. The number of alkyl halides is 8. The summed E-state index contributed by atoms with van der Waals surface area (Å²) in [5.41, 5.74) is -2.46. The van der Waals surface area contributed by atoms with Crippen molar-refractivity contribution in [3.63, 3.8) is 0 Å². The third-order valence-electron chi connectivity index (χ3n) is 5.34. The molecule has 1 atom stereocenters. The number of nitrogens with zero attached hydrogens (tertiary/aromatic N) is 6. The zero-order valence-corrected chi connectivity index (χ0v) is 17.7. The highest BCUT2D eigenvalue weighted by molar-refractivity contribution is 5.53. The van der Waals surface area contributed by atoms with E-state index in [1.165, 1.54) is 6.07 Å². The van der Waals surface area contributed by atoms with Crippen molar-refractivity contribution < 1.29 is 35.1 Å². The molecule has 7 nitrogen and oxygen atoms in total. The van der Waals surface area contributed by atoms with Gasteiger partial charge < -0.3 is 5.32 Å². The van der Waals surface area contributed by atoms with Gasteiger partial charge in [0.2, 0.25) is 11.9 Å². The maximum Gasteiger partial charge on any atom is 0.435 e. The Morgan fingerprint density at radius 1 is 1.00 bits per heavy atom. The van der Waals surface area contributed by atoms with Crippen molar-refractivity contribution in [2.45, 2.75) is 50.4 Å². The lowest BCUT2D eigenvalue weighted by molar-refractivity contribution is -0.142. The zero-order valence-electron chi connectivity index (χ0n) is 17.7. The highest BCUT2D eigenvalue weighted by Crippen LogP contribution is 2.40. The second kappa shape index (κ2) is 9.00. The van der Waals surface area contributed by atoms with Crippen molar-refractivity contribution >= 4 is 11.6 Å². The largest absolute Gasteiger partial charge is 0.435 e. The standard InChI is InChI=1S/C20H17F8N7/c21-18(22)6-3-11(10-18)1-2-15-31-16(30-12-4-7-29-14(9-12)20(26,27)28)33-17(32-15)35-8-5-13(34-35)19(23,24)25/h4-5,7-9,11H,1-3,6,10H2,(H,29,30,31,32,33)/t11-/m0/s1. The Balaban J connectivity index is 1.63. The summed E-state index contributed by atoms with van der Waals surface area (Å²) in [7, 11) is 0. The third-order valence-corrected chi connectivity index (χ3v) is 5.34. The molecule has 4 rings (SSSR count). The Morgan fingerprint density at radius 3 is 2.37 bits per heavy atom. The summed E-state index contributed by atoms with van der Waals surface area (Å²) in [6.45, 7) is 0. The second-order valence-corrected chi connectivity index (χ2v) is 8.07. The van der Waals surface area contributed by atoms with E-state index in [2.05, 4.69) is 30.4 Å². The van der Waals surface area contributed by atoms with Crippen molar-refractivity contribution in [2.24, 2.45) is 5.92 Å². The first-order chi connectivity index (χ1) is 16.3. The fourth-order valence-electron chi connectivity index (χ4n) is 3.68. The normalized spacial score (nSPS) is 18.1. The molecule has 0 aromatic carbocycles. The van der Waals surface area contributed by atoms with Crippen LogP contribution in [0.15, 0.2) is 30.6 Å². The molecule has 188 valence electrons. The van der Waals surface area contributed by atoms with Crippen LogP contribution < -0.4 is 5.32 Å². The van der Waals surface area contributed by atoms with Crippen molar-refractivity contribution in [1.82, 2.24) is 29.7 Å². The van der Waals surface area contributed by atoms with E-state index in [9.17, 15) is 35.1 Å². The molecule has 15 heteroatoms. The van der Waals surface area contributed by atoms with Gasteiger partial charge in [-0.15, -0.1) is 0 Å². The molecule has 0 saturated heterocycles. The summed E-state index contributed by atoms with van der Waals surface area (Å²) in [5, 5.41) is 5.96. The van der Waals surface area contributed by atoms with Crippen LogP contribution in [0.3, 0.4) is 0 Å². The van der Waals surface area contributed by atoms with Gasteiger partial charge in [0.25, 0.3) is 5.95 Å². The molecule has 3 aromatic rings. The maximum atomic E-state index is 13.5. The maximum absolute atomic E-state index is 13.5. The van der Waals surface area contributed by atoms with Gasteiger partial charge in [0, 0.05) is 37.3 Å². The topological polar surface area (TPSA) is 81.4 Å². The van der Waals surface area contributed by atoms with Crippen molar-refractivity contribution in [2.75, 3.05) is 5.32 Å². The van der Waals surface area contributed by atoms with Crippen molar-refractivity contribution in [3.8, 4) is 5.95 Å². The lowest BCUT2D eigenvalue weighted by Gasteiger charge is -2.12. The van der Waals surface area contributed by atoms with Crippen LogP contribution >= 0.6 is 0 Å². The number of hydrogen-bond acceptors (Lipinski definition) is 6. The van der Waals surface area contributed by atoms with E-state index in [1.807, 2.05) is 0 Å². The molecule has 0 bridgehead atoms. The third kappa shape index (κ3) is 6.19. The van der Waals surface area contributed by atoms with Crippen LogP contribution in [0.25, 0.3) is 5.95 Å². The zero-order chi connectivity index (χ0) is 25.4. The lowest BCUT2D eigenvalue weighted by Crippen LogP contribution is -2.13. The van der Waals surface area contributed by atoms with E-state index in [-0.39, 0.29) is 48.6 Å². The Kier molecular flexibility index (Phi) is 6.36. The fraction of sp³-hybridized carbons (Fsp3) is 0.450. The number of pyridine rings is 1. The Bertz CT molecular complexity index is 1190. The first kappa shape index (κ1) is 24.7. The van der Waals surface area contributed by atoms with Crippen molar-refractivity contribution in [1.29, 1.82) is 0 Å². The van der Waals surface area contributed by atoms with Gasteiger partial charge in [-0.05, 0) is 37.0 Å². The quantitative estimate of drug-likeness (QED) is 0.438. The minimum atomic E-state index is -4.72. The Labute approximate surface area is 192 Å². The molecule has 1 fully saturated rings.